The Balaban J connectivity index is 1.89. The SMILES string of the molecule is CC(C)(c1ccc(OCC(O)C[N+](C)(C)N=C([O-])CCCS)cc1)c1ccc(OCC(O)C[N+](C)(C)NC(=O)CCCS)cc1. The van der Waals surface area contributed by atoms with E-state index in [1.165, 1.54) is 0 Å². The third-order valence-electron chi connectivity index (χ3n) is 7.28. The largest absolute Gasteiger partial charge is 0.858 e. The predicted octanol–water partition coefficient (Wildman–Crippen LogP) is 2.77. The number of hydrogen-bond acceptors (Lipinski definition) is 9. The number of thiol groups is 2. The summed E-state index contributed by atoms with van der Waals surface area (Å²) < 4.78 is 11.8. The van der Waals surface area contributed by atoms with Crippen molar-refractivity contribution >= 4 is 37.1 Å². The minimum Gasteiger partial charge on any atom is -0.858 e. The number of carbonyl (C=O) groups is 1. The van der Waals surface area contributed by atoms with Gasteiger partial charge in [-0.3, -0.25) is 4.79 Å². The molecule has 0 aliphatic rings. The molecule has 0 heterocycles. The Morgan fingerprint density at radius 2 is 1.29 bits per heavy atom. The predicted molar refractivity (Wildman–Crippen MR) is 184 cm³/mol. The van der Waals surface area contributed by atoms with E-state index in [1.54, 1.807) is 14.1 Å². The molecule has 1 amide bonds. The monoisotopic (exact) mass is 665 g/mol. The summed E-state index contributed by atoms with van der Waals surface area (Å²) in [5.41, 5.74) is 4.79. The van der Waals surface area contributed by atoms with Gasteiger partial charge in [0.1, 0.15) is 50.0 Å². The fourth-order valence-electron chi connectivity index (χ4n) is 4.94. The van der Waals surface area contributed by atoms with Crippen molar-refractivity contribution < 1.29 is 38.8 Å². The fraction of sp³-hybridized carbons (Fsp3) is 0.576. The molecular weight excluding hydrogens is 613 g/mol. The van der Waals surface area contributed by atoms with E-state index in [0.717, 1.165) is 11.1 Å². The molecule has 0 bridgehead atoms. The lowest BCUT2D eigenvalue weighted by molar-refractivity contribution is -0.928. The number of rotatable bonds is 20. The molecule has 0 saturated heterocycles. The Labute approximate surface area is 280 Å². The minimum atomic E-state index is -0.793. The Hall–Kier alpha value is -2.48. The molecule has 10 nitrogen and oxygen atoms in total. The van der Waals surface area contributed by atoms with Gasteiger partial charge in [-0.15, -0.1) is 5.10 Å². The first-order chi connectivity index (χ1) is 21.1. The number of nitrogens with zero attached hydrogens (tertiary/aromatic N) is 3. The number of nitrogens with one attached hydrogen (secondary N) is 1. The van der Waals surface area contributed by atoms with E-state index in [1.807, 2.05) is 62.6 Å². The van der Waals surface area contributed by atoms with Crippen LogP contribution in [0.2, 0.25) is 0 Å². The van der Waals surface area contributed by atoms with Crippen LogP contribution in [0.1, 0.15) is 50.7 Å². The summed E-state index contributed by atoms with van der Waals surface area (Å²) >= 11 is 8.27. The number of carbonyl (C=O) groups excluding carboxylic acids is 1. The molecule has 3 N–H and O–H groups in total. The molecule has 0 aromatic heterocycles. The van der Waals surface area contributed by atoms with Crippen LogP contribution in [0.5, 0.6) is 11.5 Å². The number of amides is 1. The van der Waals surface area contributed by atoms with Gasteiger partial charge >= 0.3 is 0 Å². The zero-order valence-corrected chi connectivity index (χ0v) is 29.4. The summed E-state index contributed by atoms with van der Waals surface area (Å²) in [6.45, 7) is 5.02. The summed E-state index contributed by atoms with van der Waals surface area (Å²) in [7, 11) is 7.21. The second-order valence-corrected chi connectivity index (χ2v) is 13.9. The summed E-state index contributed by atoms with van der Waals surface area (Å²) in [6.07, 6.45) is 0.577. The zero-order valence-electron chi connectivity index (χ0n) is 27.6. The van der Waals surface area contributed by atoms with Crippen LogP contribution < -0.4 is 20.0 Å². The van der Waals surface area contributed by atoms with Gasteiger partial charge in [-0.2, -0.15) is 25.3 Å². The van der Waals surface area contributed by atoms with Crippen molar-refractivity contribution in [3.8, 4) is 11.5 Å². The van der Waals surface area contributed by atoms with Crippen molar-refractivity contribution in [1.82, 2.24) is 5.43 Å². The Morgan fingerprint density at radius 1 is 0.844 bits per heavy atom. The van der Waals surface area contributed by atoms with Crippen LogP contribution in [-0.4, -0.2) is 109 Å². The topological polar surface area (TPSA) is 123 Å². The second kappa shape index (κ2) is 18.0. The fourth-order valence-corrected chi connectivity index (χ4v) is 5.25. The molecule has 2 unspecified atom stereocenters. The van der Waals surface area contributed by atoms with Gasteiger partial charge < -0.3 is 24.8 Å². The van der Waals surface area contributed by atoms with Crippen LogP contribution in [0.25, 0.3) is 0 Å². The normalized spacial score (nSPS) is 14.1. The molecule has 2 aromatic carbocycles. The van der Waals surface area contributed by atoms with Crippen molar-refractivity contribution in [2.24, 2.45) is 5.10 Å². The Bertz CT molecular complexity index is 1210. The molecule has 0 radical (unpaired) electrons. The number of hydrogen-bond donors (Lipinski definition) is 5. The zero-order chi connectivity index (χ0) is 33.7. The minimum absolute atomic E-state index is 0.0296. The summed E-state index contributed by atoms with van der Waals surface area (Å²) in [5.74, 6) is 2.31. The number of benzene rings is 2. The summed E-state index contributed by atoms with van der Waals surface area (Å²) in [5, 5.41) is 37.2. The lowest BCUT2D eigenvalue weighted by Gasteiger charge is -2.31. The van der Waals surface area contributed by atoms with Crippen LogP contribution >= 0.6 is 25.3 Å². The van der Waals surface area contributed by atoms with Crippen LogP contribution in [0, 0.1) is 0 Å². The molecule has 2 atom stereocenters. The third kappa shape index (κ3) is 14.2. The van der Waals surface area contributed by atoms with Gasteiger partial charge in [-0.25, -0.2) is 14.6 Å². The maximum Gasteiger partial charge on any atom is 0.265 e. The van der Waals surface area contributed by atoms with Crippen molar-refractivity contribution in [2.75, 3.05) is 66.0 Å². The van der Waals surface area contributed by atoms with E-state index >= 15 is 0 Å². The molecule has 2 aromatic rings. The molecule has 45 heavy (non-hydrogen) atoms. The van der Waals surface area contributed by atoms with Crippen molar-refractivity contribution in [3.63, 3.8) is 0 Å². The smallest absolute Gasteiger partial charge is 0.265 e. The van der Waals surface area contributed by atoms with Crippen molar-refractivity contribution in [1.29, 1.82) is 0 Å². The van der Waals surface area contributed by atoms with E-state index in [2.05, 4.69) is 49.6 Å². The highest BCUT2D eigenvalue weighted by atomic mass is 32.1. The molecule has 0 aliphatic heterocycles. The maximum atomic E-state index is 12.1. The molecule has 0 saturated carbocycles. The third-order valence-corrected chi connectivity index (χ3v) is 7.91. The van der Waals surface area contributed by atoms with Crippen LogP contribution in [-0.2, 0) is 10.2 Å². The maximum absolute atomic E-state index is 12.1. The van der Waals surface area contributed by atoms with E-state index in [-0.39, 0.29) is 46.2 Å². The average molecular weight is 666 g/mol. The molecule has 2 rings (SSSR count). The van der Waals surface area contributed by atoms with Gasteiger partial charge in [0.05, 0.1) is 28.2 Å². The first-order valence-electron chi connectivity index (χ1n) is 15.3. The van der Waals surface area contributed by atoms with Crippen LogP contribution in [0.3, 0.4) is 0 Å². The molecule has 0 fully saturated rings. The highest BCUT2D eigenvalue weighted by molar-refractivity contribution is 7.80. The average Bonchev–Trinajstić information content (AvgIpc) is 2.96. The van der Waals surface area contributed by atoms with E-state index < -0.39 is 12.2 Å². The molecule has 0 spiro atoms. The molecule has 12 heteroatoms. The molecule has 252 valence electrons. The summed E-state index contributed by atoms with van der Waals surface area (Å²) in [6, 6.07) is 15.6. The van der Waals surface area contributed by atoms with Crippen molar-refractivity contribution in [3.05, 3.63) is 59.7 Å². The lowest BCUT2D eigenvalue weighted by Crippen LogP contribution is -2.58. The number of ether oxygens (including phenoxy) is 2. The van der Waals surface area contributed by atoms with Gasteiger partial charge in [-0.05, 0) is 66.2 Å². The van der Waals surface area contributed by atoms with Gasteiger partial charge in [-0.1, -0.05) is 38.1 Å². The van der Waals surface area contributed by atoms with E-state index in [9.17, 15) is 20.1 Å². The number of aliphatic hydroxyl groups excluding tert-OH is 2. The molecule has 0 aliphatic carbocycles. The van der Waals surface area contributed by atoms with Gasteiger partial charge in [0.15, 0.2) is 0 Å². The summed E-state index contributed by atoms with van der Waals surface area (Å²) in [4.78, 5) is 12.1. The first kappa shape index (κ1) is 38.7. The Morgan fingerprint density at radius 3 is 1.76 bits per heavy atom. The standard InChI is InChI=1S/C33H52N4O6S2/c1-33(2,25-11-15-29(16-12-25)42-23-27(38)21-36(3,4)34-31(40)9-7-19-44)26-13-17-30(18-14-26)43-24-28(39)22-37(5,6)35-32(41)10-8-20-45/h11-18,27-28,38-39H,7-10,19-24H2,1-6H3,(H2-2,34,35,40,41,44,45)/p+1. The Kier molecular flexibility index (Phi) is 15.5. The quantitative estimate of drug-likeness (QED) is 0.0488. The van der Waals surface area contributed by atoms with E-state index in [0.29, 0.717) is 55.2 Å². The lowest BCUT2D eigenvalue weighted by atomic mass is 9.78. The van der Waals surface area contributed by atoms with Gasteiger partial charge in [0.25, 0.3) is 5.91 Å². The van der Waals surface area contributed by atoms with Gasteiger partial charge in [0, 0.05) is 17.7 Å². The van der Waals surface area contributed by atoms with Gasteiger partial charge in [0.2, 0.25) is 0 Å². The molecular formula is C33H53N4O6S2+. The highest BCUT2D eigenvalue weighted by Crippen LogP contribution is 2.33. The van der Waals surface area contributed by atoms with Crippen molar-refractivity contribution in [2.45, 2.75) is 57.2 Å². The second-order valence-electron chi connectivity index (χ2n) is 13.0. The highest BCUT2D eigenvalue weighted by Gasteiger charge is 2.26. The first-order valence-corrected chi connectivity index (χ1v) is 16.6. The van der Waals surface area contributed by atoms with E-state index in [4.69, 9.17) is 9.47 Å². The number of likely N-dealkylation sites (N-methyl/N-ethyl adjacent to an activating group) is 2. The van der Waals surface area contributed by atoms with Crippen LogP contribution in [0.15, 0.2) is 53.6 Å². The van der Waals surface area contributed by atoms with Crippen LogP contribution in [0.4, 0.5) is 0 Å². The number of quaternary nitrogens is 2. The number of aliphatic hydroxyl groups is 2.